The van der Waals surface area contributed by atoms with Gasteiger partial charge in [0.25, 0.3) is 0 Å². The molecular weight excluding hydrogens is 362 g/mol. The van der Waals surface area contributed by atoms with Crippen molar-refractivity contribution in [3.05, 3.63) is 0 Å². The van der Waals surface area contributed by atoms with Crippen molar-refractivity contribution in [1.82, 2.24) is 0 Å². The highest BCUT2D eigenvalue weighted by Gasteiger charge is 2.79. The van der Waals surface area contributed by atoms with Crippen LogP contribution in [0.5, 0.6) is 0 Å². The molecule has 0 saturated heterocycles. The van der Waals surface area contributed by atoms with E-state index >= 15 is 0 Å². The van der Waals surface area contributed by atoms with Crippen LogP contribution in [0, 0.1) is 0 Å². The summed E-state index contributed by atoms with van der Waals surface area (Å²) < 4.78 is 114. The second kappa shape index (κ2) is 4.98. The summed E-state index contributed by atoms with van der Waals surface area (Å²) in [6.07, 6.45) is -6.73. The number of alkyl halides is 11. The molecule has 0 aliphatic carbocycles. The van der Waals surface area contributed by atoms with E-state index in [1.165, 1.54) is 0 Å². The summed E-state index contributed by atoms with van der Waals surface area (Å²) in [7, 11) is 0. The molecule has 1 unspecified atom stereocenters. The van der Waals surface area contributed by atoms with Gasteiger partial charge in [-0.15, -0.1) is 0 Å². The standard InChI is InChI=1S/C6HCl2F9O3/c7-4(13,14)5(8,15)20-6(16,17)3(11,12)2(9,10)1(18)19/h(H,18,19). The zero-order valence-electron chi connectivity index (χ0n) is 8.42. The third-order valence-corrected chi connectivity index (χ3v) is 2.27. The second-order valence-corrected chi connectivity index (χ2v) is 4.05. The molecule has 0 aromatic heterocycles. The first-order valence-electron chi connectivity index (χ1n) is 3.91. The largest absolute Gasteiger partial charge is 0.477 e. The molecule has 0 bridgehead atoms. The monoisotopic (exact) mass is 362 g/mol. The fourth-order valence-corrected chi connectivity index (χ4v) is 0.735. The molecule has 0 spiro atoms. The molecule has 0 aromatic rings. The van der Waals surface area contributed by atoms with Crippen LogP contribution in [0.2, 0.25) is 0 Å². The summed E-state index contributed by atoms with van der Waals surface area (Å²) in [4.78, 5) is 9.76. The van der Waals surface area contributed by atoms with E-state index < -0.39 is 34.6 Å². The minimum absolute atomic E-state index is 2.08. The molecule has 0 amide bonds. The average molecular weight is 363 g/mol. The number of halogens is 11. The molecule has 0 aliphatic rings. The highest BCUT2D eigenvalue weighted by molar-refractivity contribution is 6.31. The highest BCUT2D eigenvalue weighted by Crippen LogP contribution is 2.52. The van der Waals surface area contributed by atoms with Crippen LogP contribution in [0.1, 0.15) is 0 Å². The lowest BCUT2D eigenvalue weighted by molar-refractivity contribution is -0.431. The van der Waals surface area contributed by atoms with Crippen LogP contribution in [0.4, 0.5) is 39.5 Å². The zero-order valence-corrected chi connectivity index (χ0v) is 9.93. The van der Waals surface area contributed by atoms with Crippen molar-refractivity contribution < 1.29 is 54.2 Å². The van der Waals surface area contributed by atoms with Crippen LogP contribution in [0.3, 0.4) is 0 Å². The van der Waals surface area contributed by atoms with Crippen LogP contribution in [-0.4, -0.2) is 39.7 Å². The molecule has 0 saturated carbocycles. The van der Waals surface area contributed by atoms with Crippen molar-refractivity contribution in [1.29, 1.82) is 0 Å². The fraction of sp³-hybridized carbons (Fsp3) is 0.833. The number of hydrogen-bond donors (Lipinski definition) is 1. The van der Waals surface area contributed by atoms with Crippen LogP contribution < -0.4 is 0 Å². The second-order valence-electron chi connectivity index (χ2n) is 3.09. The maximum absolute atomic E-state index is 12.7. The molecule has 20 heavy (non-hydrogen) atoms. The van der Waals surface area contributed by atoms with Gasteiger partial charge in [-0.05, 0) is 23.2 Å². The Bertz CT molecular complexity index is 392. The predicted molar refractivity (Wildman–Crippen MR) is 44.1 cm³/mol. The van der Waals surface area contributed by atoms with E-state index in [9.17, 15) is 44.3 Å². The fourth-order valence-electron chi connectivity index (χ4n) is 0.600. The minimum atomic E-state index is -6.92. The van der Waals surface area contributed by atoms with Gasteiger partial charge < -0.3 is 5.11 Å². The van der Waals surface area contributed by atoms with Crippen molar-refractivity contribution in [2.24, 2.45) is 0 Å². The highest BCUT2D eigenvalue weighted by atomic mass is 35.5. The van der Waals surface area contributed by atoms with Crippen LogP contribution in [-0.2, 0) is 9.53 Å². The van der Waals surface area contributed by atoms with Gasteiger partial charge in [-0.2, -0.15) is 39.5 Å². The zero-order chi connectivity index (χ0) is 16.8. The molecule has 1 N–H and O–H groups in total. The first kappa shape index (κ1) is 19.4. The number of aliphatic carboxylic acids is 1. The smallest absolute Gasteiger partial charge is 0.430 e. The summed E-state index contributed by atoms with van der Waals surface area (Å²) in [5.41, 5.74) is 0. The lowest BCUT2D eigenvalue weighted by atomic mass is 10.1. The van der Waals surface area contributed by atoms with Crippen molar-refractivity contribution in [2.45, 2.75) is 28.6 Å². The van der Waals surface area contributed by atoms with Crippen LogP contribution in [0.25, 0.3) is 0 Å². The Morgan fingerprint density at radius 1 is 0.900 bits per heavy atom. The van der Waals surface area contributed by atoms with E-state index in [4.69, 9.17) is 5.11 Å². The van der Waals surface area contributed by atoms with E-state index in [0.717, 1.165) is 0 Å². The van der Waals surface area contributed by atoms with Gasteiger partial charge in [-0.1, -0.05) is 0 Å². The number of rotatable bonds is 6. The lowest BCUT2D eigenvalue weighted by Crippen LogP contribution is -2.61. The van der Waals surface area contributed by atoms with Gasteiger partial charge in [0.05, 0.1) is 0 Å². The van der Waals surface area contributed by atoms with Gasteiger partial charge in [0.15, 0.2) is 0 Å². The van der Waals surface area contributed by atoms with Gasteiger partial charge in [0.1, 0.15) is 0 Å². The molecule has 0 radical (unpaired) electrons. The van der Waals surface area contributed by atoms with E-state index in [-0.39, 0.29) is 0 Å². The normalized spacial score (nSPS) is 17.8. The van der Waals surface area contributed by atoms with Gasteiger partial charge in [0.2, 0.25) is 0 Å². The van der Waals surface area contributed by atoms with Crippen molar-refractivity contribution >= 4 is 29.2 Å². The summed E-state index contributed by atoms with van der Waals surface area (Å²) >= 11 is 7.77. The van der Waals surface area contributed by atoms with Gasteiger partial charge in [0, 0.05) is 0 Å². The topological polar surface area (TPSA) is 46.5 Å². The molecular formula is C6HCl2F9O3. The number of hydrogen-bond acceptors (Lipinski definition) is 2. The minimum Gasteiger partial charge on any atom is -0.477 e. The van der Waals surface area contributed by atoms with Gasteiger partial charge in [-0.3, -0.25) is 4.74 Å². The van der Waals surface area contributed by atoms with E-state index in [2.05, 4.69) is 27.9 Å². The molecule has 120 valence electrons. The van der Waals surface area contributed by atoms with Gasteiger partial charge >= 0.3 is 34.6 Å². The Hall–Kier alpha value is -0.620. The SMILES string of the molecule is O=C(O)C(F)(F)C(F)(F)C(F)(F)OC(F)(Cl)C(F)(F)Cl. The number of ether oxygens (including phenoxy) is 1. The molecule has 0 rings (SSSR count). The molecule has 14 heteroatoms. The maximum Gasteiger partial charge on any atom is 0.430 e. The summed E-state index contributed by atoms with van der Waals surface area (Å²) in [5, 5.41) is -3.36. The molecule has 0 aliphatic heterocycles. The van der Waals surface area contributed by atoms with Crippen LogP contribution >= 0.6 is 23.2 Å². The van der Waals surface area contributed by atoms with Crippen molar-refractivity contribution in [3.8, 4) is 0 Å². The Balaban J connectivity index is 5.60. The summed E-state index contributed by atoms with van der Waals surface area (Å²) in [6, 6.07) is 0. The van der Waals surface area contributed by atoms with E-state index in [1.54, 1.807) is 0 Å². The summed E-state index contributed by atoms with van der Waals surface area (Å²) in [6.45, 7) is 0. The van der Waals surface area contributed by atoms with Crippen LogP contribution in [0.15, 0.2) is 0 Å². The molecule has 0 aromatic carbocycles. The summed E-state index contributed by atoms with van der Waals surface area (Å²) in [5.74, 6) is -17.1. The quantitative estimate of drug-likeness (QED) is 0.579. The third kappa shape index (κ3) is 3.17. The van der Waals surface area contributed by atoms with Gasteiger partial charge in [-0.25, -0.2) is 4.79 Å². The Morgan fingerprint density at radius 3 is 1.50 bits per heavy atom. The third-order valence-electron chi connectivity index (χ3n) is 1.61. The number of carboxylic acid groups (broad SMARTS) is 1. The first-order valence-corrected chi connectivity index (χ1v) is 4.67. The Labute approximate surface area is 113 Å². The molecule has 0 heterocycles. The molecule has 1 atom stereocenters. The lowest BCUT2D eigenvalue weighted by Gasteiger charge is -2.33. The van der Waals surface area contributed by atoms with Crippen molar-refractivity contribution in [3.63, 3.8) is 0 Å². The van der Waals surface area contributed by atoms with E-state index in [1.807, 2.05) is 0 Å². The molecule has 0 fully saturated rings. The first-order chi connectivity index (χ1) is 8.40. The maximum atomic E-state index is 12.7. The Morgan fingerprint density at radius 2 is 1.25 bits per heavy atom. The average Bonchev–Trinajstić information content (AvgIpc) is 2.12. The Kier molecular flexibility index (Phi) is 4.83. The number of carboxylic acids is 1. The predicted octanol–water partition coefficient (Wildman–Crippen LogP) is 3.64. The van der Waals surface area contributed by atoms with E-state index in [0.29, 0.717) is 0 Å². The number of carbonyl (C=O) groups is 1. The van der Waals surface area contributed by atoms with Crippen molar-refractivity contribution in [2.75, 3.05) is 0 Å². The molecule has 3 nitrogen and oxygen atoms in total.